The van der Waals surface area contributed by atoms with Crippen LogP contribution in [0.4, 0.5) is 0 Å². The number of fused-ring (bicyclic) bond motifs is 2. The van der Waals surface area contributed by atoms with Crippen molar-refractivity contribution in [1.29, 1.82) is 0 Å². The minimum atomic E-state index is -2.24. The topological polar surface area (TPSA) is 163 Å². The van der Waals surface area contributed by atoms with Crippen molar-refractivity contribution < 1.29 is 53.1 Å². The molecule has 2 bridgehead atoms. The minimum Gasteiger partial charge on any atom is -0.459 e. The molecule has 2 N–H and O–H groups in total. The summed E-state index contributed by atoms with van der Waals surface area (Å²) in [6.45, 7) is 6.77. The molecule has 2 aliphatic carbocycles. The van der Waals surface area contributed by atoms with E-state index in [4.69, 9.17) is 18.9 Å². The summed E-state index contributed by atoms with van der Waals surface area (Å²) in [4.78, 5) is 68.2. The third-order valence-electron chi connectivity index (χ3n) is 10.3. The van der Waals surface area contributed by atoms with E-state index < -0.39 is 76.1 Å². The quantitative estimate of drug-likeness (QED) is 0.171. The molecule has 3 aliphatic rings. The lowest BCUT2D eigenvalue weighted by atomic mass is 9.50. The molecule has 0 radical (unpaired) electrons. The number of Topliss-reactive ketones (excluding diaryl/α,β-unsaturated/α-hetero) is 2. The molecule has 260 valence electrons. The summed E-state index contributed by atoms with van der Waals surface area (Å²) in [6.07, 6.45) is 0.293. The molecule has 0 aromatic heterocycles. The monoisotopic (exact) mass is 674 g/mol. The van der Waals surface area contributed by atoms with Crippen LogP contribution in [-0.4, -0.2) is 76.3 Å². The average Bonchev–Trinajstić information content (AvgIpc) is 3.07. The van der Waals surface area contributed by atoms with Crippen LogP contribution in [0.2, 0.25) is 0 Å². The van der Waals surface area contributed by atoms with Crippen LogP contribution in [0.1, 0.15) is 63.4 Å². The van der Waals surface area contributed by atoms with Crippen LogP contribution in [0.25, 0.3) is 6.08 Å². The second kappa shape index (κ2) is 13.8. The minimum absolute atomic E-state index is 0.0407. The van der Waals surface area contributed by atoms with Crippen molar-refractivity contribution in [2.24, 2.45) is 23.2 Å². The molecule has 1 aliphatic heterocycles. The lowest BCUT2D eigenvalue weighted by Gasteiger charge is -2.58. The highest BCUT2D eigenvalue weighted by Crippen LogP contribution is 2.59. The number of hydrogen-bond donors (Lipinski definition) is 2. The van der Waals surface area contributed by atoms with E-state index in [9.17, 15) is 34.2 Å². The summed E-state index contributed by atoms with van der Waals surface area (Å²) in [5.74, 6) is -7.72. The molecule has 2 fully saturated rings. The second-order valence-corrected chi connectivity index (χ2v) is 13.6. The first-order valence-corrected chi connectivity index (χ1v) is 16.4. The van der Waals surface area contributed by atoms with E-state index in [1.54, 1.807) is 57.2 Å². The molecular formula is C38H42O11. The van der Waals surface area contributed by atoms with Gasteiger partial charge < -0.3 is 29.2 Å². The van der Waals surface area contributed by atoms with Crippen LogP contribution >= 0.6 is 0 Å². The third kappa shape index (κ3) is 6.38. The number of ether oxygens (including phenoxy) is 4. The van der Waals surface area contributed by atoms with Crippen LogP contribution in [0, 0.1) is 23.2 Å². The number of benzene rings is 2. The Morgan fingerprint density at radius 2 is 1.61 bits per heavy atom. The van der Waals surface area contributed by atoms with Crippen LogP contribution in [0.15, 0.2) is 78.1 Å². The fourth-order valence-electron chi connectivity index (χ4n) is 7.67. The zero-order chi connectivity index (χ0) is 35.7. The maximum atomic E-state index is 14.3. The van der Waals surface area contributed by atoms with Gasteiger partial charge in [-0.05, 0) is 23.8 Å². The van der Waals surface area contributed by atoms with Gasteiger partial charge in [-0.2, -0.15) is 0 Å². The molecule has 3 unspecified atom stereocenters. The van der Waals surface area contributed by atoms with Crippen LogP contribution in [-0.2, 0) is 38.1 Å². The predicted octanol–water partition coefficient (Wildman–Crippen LogP) is 4.01. The van der Waals surface area contributed by atoms with E-state index in [1.807, 2.05) is 18.2 Å². The summed E-state index contributed by atoms with van der Waals surface area (Å²) < 4.78 is 23.7. The van der Waals surface area contributed by atoms with Gasteiger partial charge in [0.05, 0.1) is 18.1 Å². The van der Waals surface area contributed by atoms with Gasteiger partial charge in [-0.15, -0.1) is 0 Å². The third-order valence-corrected chi connectivity index (χ3v) is 10.3. The summed E-state index contributed by atoms with van der Waals surface area (Å²) in [5.41, 5.74) is -4.77. The van der Waals surface area contributed by atoms with Gasteiger partial charge in [-0.25, -0.2) is 9.59 Å². The van der Waals surface area contributed by atoms with E-state index in [2.05, 4.69) is 0 Å². The van der Waals surface area contributed by atoms with Gasteiger partial charge in [0, 0.05) is 55.3 Å². The Bertz CT molecular complexity index is 1680. The predicted molar refractivity (Wildman–Crippen MR) is 175 cm³/mol. The molecule has 49 heavy (non-hydrogen) atoms. The number of ketones is 2. The molecular weight excluding hydrogens is 632 g/mol. The van der Waals surface area contributed by atoms with Gasteiger partial charge in [-0.3, -0.25) is 14.4 Å². The van der Waals surface area contributed by atoms with Gasteiger partial charge in [0.2, 0.25) is 11.6 Å². The highest BCUT2D eigenvalue weighted by molar-refractivity contribution is 6.39. The highest BCUT2D eigenvalue weighted by atomic mass is 16.6. The Morgan fingerprint density at radius 3 is 2.18 bits per heavy atom. The van der Waals surface area contributed by atoms with Gasteiger partial charge in [-0.1, -0.05) is 76.2 Å². The van der Waals surface area contributed by atoms with Crippen molar-refractivity contribution in [2.45, 2.75) is 70.9 Å². The average molecular weight is 675 g/mol. The molecule has 1 saturated heterocycles. The zero-order valence-corrected chi connectivity index (χ0v) is 28.2. The SMILES string of the molecule is CC(=O)O[C@@]1(C2=C(OC(=O)c3ccccc3)[C@]3(O)C[C@H](OC(=O)C=Cc4ccccc4)C(C)C(C(=O)C(=O)C2C)C3(C)C)CO[C@@H]1CCO. The van der Waals surface area contributed by atoms with Crippen molar-refractivity contribution in [3.63, 3.8) is 0 Å². The molecule has 2 aromatic rings. The normalized spacial score (nSPS) is 31.0. The zero-order valence-electron chi connectivity index (χ0n) is 28.2. The summed E-state index contributed by atoms with van der Waals surface area (Å²) in [6, 6.07) is 17.0. The Balaban J connectivity index is 1.72. The van der Waals surface area contributed by atoms with Crippen LogP contribution in [0.3, 0.4) is 0 Å². The summed E-state index contributed by atoms with van der Waals surface area (Å²) in [7, 11) is 0. The molecule has 5 rings (SSSR count). The van der Waals surface area contributed by atoms with E-state index >= 15 is 0 Å². The first kappa shape index (κ1) is 35.8. The van der Waals surface area contributed by atoms with Crippen molar-refractivity contribution in [3.8, 4) is 0 Å². The number of carbonyl (C=O) groups excluding carboxylic acids is 5. The summed E-state index contributed by atoms with van der Waals surface area (Å²) >= 11 is 0. The van der Waals surface area contributed by atoms with Crippen molar-refractivity contribution in [3.05, 3.63) is 89.2 Å². The number of hydrogen-bond acceptors (Lipinski definition) is 11. The Morgan fingerprint density at radius 1 is 0.980 bits per heavy atom. The van der Waals surface area contributed by atoms with Crippen molar-refractivity contribution in [2.75, 3.05) is 13.2 Å². The van der Waals surface area contributed by atoms with E-state index in [0.717, 1.165) is 12.5 Å². The van der Waals surface area contributed by atoms with E-state index in [0.29, 0.717) is 0 Å². The van der Waals surface area contributed by atoms with Crippen molar-refractivity contribution in [1.82, 2.24) is 0 Å². The molecule has 7 atom stereocenters. The number of aliphatic hydroxyl groups excluding tert-OH is 1. The Kier molecular flexibility index (Phi) is 10.1. The van der Waals surface area contributed by atoms with E-state index in [-0.39, 0.29) is 43.0 Å². The smallest absolute Gasteiger partial charge is 0.343 e. The molecule has 0 amide bonds. The van der Waals surface area contributed by atoms with E-state index in [1.165, 1.54) is 25.1 Å². The molecule has 2 aromatic carbocycles. The fraction of sp³-hybridized carbons (Fsp3) is 0.447. The number of carbonyl (C=O) groups is 5. The van der Waals surface area contributed by atoms with Gasteiger partial charge >= 0.3 is 17.9 Å². The first-order chi connectivity index (χ1) is 23.2. The molecule has 11 nitrogen and oxygen atoms in total. The van der Waals surface area contributed by atoms with Gasteiger partial charge in [0.1, 0.15) is 23.6 Å². The van der Waals surface area contributed by atoms with Crippen LogP contribution in [0.5, 0.6) is 0 Å². The maximum absolute atomic E-state index is 14.3. The second-order valence-electron chi connectivity index (χ2n) is 13.6. The lowest BCUT2D eigenvalue weighted by Crippen LogP contribution is -2.69. The van der Waals surface area contributed by atoms with Crippen LogP contribution < -0.4 is 0 Å². The number of esters is 3. The Hall–Kier alpha value is -4.45. The molecule has 1 saturated carbocycles. The fourth-order valence-corrected chi connectivity index (χ4v) is 7.67. The first-order valence-electron chi connectivity index (χ1n) is 16.4. The number of rotatable bonds is 9. The Labute approximate surface area is 284 Å². The van der Waals surface area contributed by atoms with Crippen molar-refractivity contribution >= 4 is 35.6 Å². The number of aliphatic hydroxyl groups is 2. The summed E-state index contributed by atoms with van der Waals surface area (Å²) in [5, 5.41) is 23.0. The molecule has 1 heterocycles. The largest absolute Gasteiger partial charge is 0.459 e. The molecule has 11 heteroatoms. The lowest BCUT2D eigenvalue weighted by molar-refractivity contribution is -0.245. The highest BCUT2D eigenvalue weighted by Gasteiger charge is 2.68. The standard InChI is InChI=1S/C38H42O11/c1-22-27(47-29(41)17-16-25-12-8-6-9-13-25)20-38(45)34(48-35(44)26-14-10-7-11-15-26)31(23(2)32(42)33(43)30(22)36(38,4)5)37(49-24(3)40)21-46-28(37)18-19-39/h6-17,22-23,27-28,30,39,45H,18-21H2,1-5H3/t22?,23?,27-,28+,30?,37-,38+/m0/s1. The molecule has 0 spiro atoms. The van der Waals surface area contributed by atoms with Gasteiger partial charge in [0.25, 0.3) is 0 Å². The van der Waals surface area contributed by atoms with Gasteiger partial charge in [0.15, 0.2) is 5.60 Å². The maximum Gasteiger partial charge on any atom is 0.343 e.